The molecular weight excluding hydrogens is 296 g/mol. The van der Waals surface area contributed by atoms with Crippen LogP contribution in [-0.2, 0) is 4.79 Å². The van der Waals surface area contributed by atoms with Crippen LogP contribution in [0.25, 0.3) is 0 Å². The van der Waals surface area contributed by atoms with Gasteiger partial charge in [-0.3, -0.25) is 4.79 Å². The Bertz CT molecular complexity index is 465. The number of carbonyl (C=O) groups is 2. The van der Waals surface area contributed by atoms with Crippen LogP contribution in [0.3, 0.4) is 0 Å². The second-order valence-electron chi connectivity index (χ2n) is 5.04. The van der Waals surface area contributed by atoms with Gasteiger partial charge in [0.25, 0.3) is 0 Å². The molecule has 1 atom stereocenters. The van der Waals surface area contributed by atoms with Gasteiger partial charge in [0.1, 0.15) is 6.17 Å². The van der Waals surface area contributed by atoms with Crippen LogP contribution in [0.5, 0.6) is 0 Å². The van der Waals surface area contributed by atoms with E-state index in [0.717, 1.165) is 19.3 Å². The van der Waals surface area contributed by atoms with E-state index in [1.807, 2.05) is 0 Å². The van der Waals surface area contributed by atoms with E-state index in [2.05, 4.69) is 12.2 Å². The first-order valence-corrected chi connectivity index (χ1v) is 7.28. The molecule has 22 heavy (non-hydrogen) atoms. The zero-order valence-corrected chi connectivity index (χ0v) is 15.2. The summed E-state index contributed by atoms with van der Waals surface area (Å²) in [5.74, 6) is -1.53. The van der Waals surface area contributed by atoms with Crippen molar-refractivity contribution in [3.63, 3.8) is 0 Å². The number of hydrogen-bond donors (Lipinski definition) is 1. The van der Waals surface area contributed by atoms with Crippen LogP contribution < -0.4 is 40.0 Å². The summed E-state index contributed by atoms with van der Waals surface area (Å²) in [5, 5.41) is 13.2. The SMILES string of the molecule is CCCCCC(F)CCC(=O)Nc1ccc(C(=O)[O-])cc1.[Na+]. The molecule has 0 aliphatic carbocycles. The first-order valence-electron chi connectivity index (χ1n) is 7.28. The van der Waals surface area contributed by atoms with Crippen molar-refractivity contribution in [1.29, 1.82) is 0 Å². The molecule has 0 saturated carbocycles. The van der Waals surface area contributed by atoms with Crippen LogP contribution in [0.15, 0.2) is 24.3 Å². The molecular formula is C16H21FNNaO3. The van der Waals surface area contributed by atoms with Crippen LogP contribution in [0.1, 0.15) is 55.8 Å². The van der Waals surface area contributed by atoms with Crippen LogP contribution in [0, 0.1) is 0 Å². The van der Waals surface area contributed by atoms with E-state index in [4.69, 9.17) is 0 Å². The third kappa shape index (κ3) is 8.51. The van der Waals surface area contributed by atoms with Crippen molar-refractivity contribution in [2.75, 3.05) is 5.32 Å². The summed E-state index contributed by atoms with van der Waals surface area (Å²) in [5.41, 5.74) is 0.541. The Balaban J connectivity index is 0.00000441. The molecule has 1 aromatic rings. The van der Waals surface area contributed by atoms with E-state index in [1.165, 1.54) is 24.3 Å². The minimum atomic E-state index is -1.26. The summed E-state index contributed by atoms with van der Waals surface area (Å²) in [6.45, 7) is 2.06. The third-order valence-electron chi connectivity index (χ3n) is 3.21. The Hall–Kier alpha value is -0.910. The van der Waals surface area contributed by atoms with Gasteiger partial charge in [-0.05, 0) is 30.5 Å². The Morgan fingerprint density at radius 1 is 1.18 bits per heavy atom. The molecule has 6 heteroatoms. The number of halogens is 1. The van der Waals surface area contributed by atoms with Gasteiger partial charge >= 0.3 is 29.6 Å². The first kappa shape index (κ1) is 21.1. The van der Waals surface area contributed by atoms with E-state index >= 15 is 0 Å². The van der Waals surface area contributed by atoms with Gasteiger partial charge in [-0.2, -0.15) is 0 Å². The second-order valence-corrected chi connectivity index (χ2v) is 5.04. The molecule has 0 radical (unpaired) electrons. The van der Waals surface area contributed by atoms with Crippen molar-refractivity contribution >= 4 is 17.6 Å². The number of hydrogen-bond acceptors (Lipinski definition) is 3. The van der Waals surface area contributed by atoms with Crippen LogP contribution >= 0.6 is 0 Å². The molecule has 0 bridgehead atoms. The molecule has 4 nitrogen and oxygen atoms in total. The number of nitrogens with one attached hydrogen (secondary N) is 1. The van der Waals surface area contributed by atoms with Gasteiger partial charge in [0.2, 0.25) is 5.91 Å². The van der Waals surface area contributed by atoms with Gasteiger partial charge < -0.3 is 15.2 Å². The smallest absolute Gasteiger partial charge is 0.545 e. The average molecular weight is 317 g/mol. The molecule has 0 aromatic heterocycles. The van der Waals surface area contributed by atoms with Crippen LogP contribution in [-0.4, -0.2) is 18.0 Å². The zero-order chi connectivity index (χ0) is 15.7. The van der Waals surface area contributed by atoms with Gasteiger partial charge in [-0.15, -0.1) is 0 Å². The number of anilines is 1. The minimum absolute atomic E-state index is 0. The predicted octanol–water partition coefficient (Wildman–Crippen LogP) is -0.309. The Morgan fingerprint density at radius 2 is 1.82 bits per heavy atom. The van der Waals surface area contributed by atoms with E-state index in [-0.39, 0.29) is 53.9 Å². The monoisotopic (exact) mass is 317 g/mol. The summed E-state index contributed by atoms with van der Waals surface area (Å²) in [6, 6.07) is 5.68. The number of carboxylic acids is 1. The van der Waals surface area contributed by atoms with Crippen molar-refractivity contribution in [2.45, 2.75) is 51.6 Å². The van der Waals surface area contributed by atoms with E-state index in [1.54, 1.807) is 0 Å². The molecule has 1 N–H and O–H groups in total. The molecule has 0 saturated heterocycles. The number of alkyl halides is 1. The number of aromatic carboxylic acids is 1. The molecule has 1 unspecified atom stereocenters. The molecule has 0 aliphatic rings. The maximum absolute atomic E-state index is 13.5. The molecule has 0 heterocycles. The summed E-state index contributed by atoms with van der Waals surface area (Å²) in [7, 11) is 0. The second kappa shape index (κ2) is 11.6. The molecule has 0 fully saturated rings. The summed E-state index contributed by atoms with van der Waals surface area (Å²) < 4.78 is 13.5. The number of benzene rings is 1. The van der Waals surface area contributed by atoms with Gasteiger partial charge in [-0.25, -0.2) is 4.39 Å². The normalized spacial score (nSPS) is 11.4. The van der Waals surface area contributed by atoms with Crippen LogP contribution in [0.4, 0.5) is 10.1 Å². The summed E-state index contributed by atoms with van der Waals surface area (Å²) in [6.07, 6.45) is 2.81. The van der Waals surface area contributed by atoms with Gasteiger partial charge in [0, 0.05) is 12.1 Å². The standard InChI is InChI=1S/C16H22FNO3.Na/c1-2-3-4-5-13(17)8-11-15(19)18-14-9-6-12(7-10-14)16(20)21;/h6-7,9-10,13H,2-5,8,11H2,1H3,(H,18,19)(H,20,21);/q;+1/p-1. The van der Waals surface area contributed by atoms with Crippen molar-refractivity contribution in [3.05, 3.63) is 29.8 Å². The number of rotatable bonds is 9. The largest absolute Gasteiger partial charge is 1.00 e. The third-order valence-corrected chi connectivity index (χ3v) is 3.21. The maximum Gasteiger partial charge on any atom is 1.00 e. The van der Waals surface area contributed by atoms with Gasteiger partial charge in [0.15, 0.2) is 0 Å². The number of amides is 1. The van der Waals surface area contributed by atoms with Gasteiger partial charge in [-0.1, -0.05) is 38.3 Å². The Morgan fingerprint density at radius 3 is 2.36 bits per heavy atom. The summed E-state index contributed by atoms with van der Waals surface area (Å²) in [4.78, 5) is 22.2. The topological polar surface area (TPSA) is 69.2 Å². The fraction of sp³-hybridized carbons (Fsp3) is 0.500. The number of carboxylic acid groups (broad SMARTS) is 1. The van der Waals surface area contributed by atoms with Crippen molar-refractivity contribution in [1.82, 2.24) is 0 Å². The fourth-order valence-electron chi connectivity index (χ4n) is 1.96. The molecule has 1 aromatic carbocycles. The molecule has 1 rings (SSSR count). The molecule has 1 amide bonds. The Kier molecular flexibility index (Phi) is 11.1. The van der Waals surface area contributed by atoms with Crippen molar-refractivity contribution in [3.8, 4) is 0 Å². The fourth-order valence-corrected chi connectivity index (χ4v) is 1.96. The van der Waals surface area contributed by atoms with E-state index in [0.29, 0.717) is 12.1 Å². The molecule has 116 valence electrons. The van der Waals surface area contributed by atoms with Gasteiger partial charge in [0.05, 0.1) is 5.97 Å². The molecule has 0 spiro atoms. The zero-order valence-electron chi connectivity index (χ0n) is 13.2. The quantitative estimate of drug-likeness (QED) is 0.502. The maximum atomic E-state index is 13.5. The average Bonchev–Trinajstić information content (AvgIpc) is 2.46. The molecule has 0 aliphatic heterocycles. The Labute approximate surface area is 152 Å². The minimum Gasteiger partial charge on any atom is -0.545 e. The van der Waals surface area contributed by atoms with Crippen molar-refractivity contribution < 1.29 is 48.6 Å². The van der Waals surface area contributed by atoms with Crippen LogP contribution in [0.2, 0.25) is 0 Å². The van der Waals surface area contributed by atoms with E-state index < -0.39 is 12.1 Å². The van der Waals surface area contributed by atoms with E-state index in [9.17, 15) is 19.1 Å². The predicted molar refractivity (Wildman–Crippen MR) is 77.7 cm³/mol. The number of unbranched alkanes of at least 4 members (excludes halogenated alkanes) is 2. The first-order chi connectivity index (χ1) is 10.0. The number of carbonyl (C=O) groups excluding carboxylic acids is 2. The summed E-state index contributed by atoms with van der Waals surface area (Å²) >= 11 is 0. The van der Waals surface area contributed by atoms with Crippen molar-refractivity contribution in [2.24, 2.45) is 0 Å².